The molecule has 0 amide bonds. The van der Waals surface area contributed by atoms with Crippen LogP contribution in [0.3, 0.4) is 0 Å². The fourth-order valence-corrected chi connectivity index (χ4v) is 9.47. The second kappa shape index (κ2) is 9.99. The molecular formula is C28H48O6. The second-order valence-corrected chi connectivity index (χ2v) is 12.8. The van der Waals surface area contributed by atoms with E-state index in [9.17, 15) is 25.2 Å². The van der Waals surface area contributed by atoms with Crippen molar-refractivity contribution in [3.05, 3.63) is 0 Å². The van der Waals surface area contributed by atoms with Gasteiger partial charge in [0.15, 0.2) is 0 Å². The number of aliphatic hydroxyl groups is 4. The smallest absolute Gasteiger partial charge is 0.310 e. The van der Waals surface area contributed by atoms with Crippen molar-refractivity contribution in [2.24, 2.45) is 52.3 Å². The Morgan fingerprint density at radius 1 is 1.03 bits per heavy atom. The highest BCUT2D eigenvalue weighted by atomic mass is 16.5. The number of aliphatic hydroxyl groups excluding tert-OH is 4. The molecule has 196 valence electrons. The molecule has 4 aliphatic rings. The SMILES string of the molecule is COC(=O)C(CO)CCCC(C)C1CCC2C3C(O)CC4CC(O)CCC4(C)C3CC(O)C12C. The molecule has 0 spiro atoms. The van der Waals surface area contributed by atoms with Crippen molar-refractivity contribution < 1.29 is 30.0 Å². The lowest BCUT2D eigenvalue weighted by Gasteiger charge is -2.63. The van der Waals surface area contributed by atoms with Crippen molar-refractivity contribution in [2.45, 2.75) is 103 Å². The average Bonchev–Trinajstić information content (AvgIpc) is 3.16. The molecule has 4 N–H and O–H groups in total. The van der Waals surface area contributed by atoms with E-state index < -0.39 is 5.92 Å². The van der Waals surface area contributed by atoms with E-state index in [0.717, 1.165) is 57.8 Å². The zero-order chi connectivity index (χ0) is 24.8. The first-order chi connectivity index (χ1) is 16.1. The van der Waals surface area contributed by atoms with Crippen molar-refractivity contribution >= 4 is 5.97 Å². The maximum Gasteiger partial charge on any atom is 0.310 e. The van der Waals surface area contributed by atoms with E-state index in [1.165, 1.54) is 7.11 Å². The molecule has 34 heavy (non-hydrogen) atoms. The molecule has 4 rings (SSSR count). The predicted molar refractivity (Wildman–Crippen MR) is 130 cm³/mol. The van der Waals surface area contributed by atoms with Gasteiger partial charge >= 0.3 is 5.97 Å². The van der Waals surface area contributed by atoms with Crippen LogP contribution in [-0.4, -0.2) is 58.4 Å². The Kier molecular flexibility index (Phi) is 7.75. The minimum atomic E-state index is -0.453. The highest BCUT2D eigenvalue weighted by Gasteiger charge is 2.65. The van der Waals surface area contributed by atoms with Crippen molar-refractivity contribution in [1.82, 2.24) is 0 Å². The molecule has 12 atom stereocenters. The van der Waals surface area contributed by atoms with Crippen LogP contribution >= 0.6 is 0 Å². The summed E-state index contributed by atoms with van der Waals surface area (Å²) in [5.41, 5.74) is -0.0972. The van der Waals surface area contributed by atoms with E-state index in [0.29, 0.717) is 36.0 Å². The third-order valence-electron chi connectivity index (χ3n) is 11.5. The van der Waals surface area contributed by atoms with E-state index in [2.05, 4.69) is 20.8 Å². The van der Waals surface area contributed by atoms with Crippen molar-refractivity contribution in [3.63, 3.8) is 0 Å². The predicted octanol–water partition coefficient (Wildman–Crippen LogP) is 3.54. The molecule has 12 unspecified atom stereocenters. The highest BCUT2D eigenvalue weighted by molar-refractivity contribution is 5.72. The van der Waals surface area contributed by atoms with Gasteiger partial charge in [-0.2, -0.15) is 0 Å². The zero-order valence-electron chi connectivity index (χ0n) is 21.7. The summed E-state index contributed by atoms with van der Waals surface area (Å²) in [4.78, 5) is 11.8. The number of methoxy groups -OCH3 is 1. The Balaban J connectivity index is 1.47. The third kappa shape index (κ3) is 4.25. The van der Waals surface area contributed by atoms with Crippen LogP contribution in [0.2, 0.25) is 0 Å². The lowest BCUT2D eigenvalue weighted by molar-refractivity contribution is -0.207. The summed E-state index contributed by atoms with van der Waals surface area (Å²) < 4.78 is 4.80. The van der Waals surface area contributed by atoms with Crippen LogP contribution in [0.25, 0.3) is 0 Å². The number of carbonyl (C=O) groups is 1. The maximum absolute atomic E-state index is 11.8. The Morgan fingerprint density at radius 3 is 2.44 bits per heavy atom. The quantitative estimate of drug-likeness (QED) is 0.415. The van der Waals surface area contributed by atoms with Crippen LogP contribution in [0.15, 0.2) is 0 Å². The molecule has 0 aliphatic heterocycles. The van der Waals surface area contributed by atoms with E-state index in [-0.39, 0.29) is 47.6 Å². The van der Waals surface area contributed by atoms with Crippen molar-refractivity contribution in [3.8, 4) is 0 Å². The number of fused-ring (bicyclic) bond motifs is 5. The van der Waals surface area contributed by atoms with Gasteiger partial charge in [-0.25, -0.2) is 0 Å². The molecule has 0 bridgehead atoms. The first-order valence-corrected chi connectivity index (χ1v) is 13.8. The van der Waals surface area contributed by atoms with Crippen LogP contribution in [0.1, 0.15) is 85.0 Å². The summed E-state index contributed by atoms with van der Waals surface area (Å²) in [5.74, 6) is 1.23. The standard InChI is InChI=1S/C28H48O6/c1-16(6-5-7-17(15-29)26(33)34-4)20-8-9-21-25-22(14-24(32)28(20,21)3)27(2)11-10-19(30)12-18(27)13-23(25)31/h16-25,29-32H,5-15H2,1-4H3. The monoisotopic (exact) mass is 480 g/mol. The lowest BCUT2D eigenvalue weighted by Crippen LogP contribution is -2.62. The summed E-state index contributed by atoms with van der Waals surface area (Å²) >= 11 is 0. The van der Waals surface area contributed by atoms with E-state index in [1.807, 2.05) is 0 Å². The Morgan fingerprint density at radius 2 is 1.76 bits per heavy atom. The fraction of sp³-hybridized carbons (Fsp3) is 0.964. The minimum absolute atomic E-state index is 0.0995. The number of hydrogen-bond acceptors (Lipinski definition) is 6. The van der Waals surface area contributed by atoms with E-state index in [4.69, 9.17) is 4.74 Å². The fourth-order valence-electron chi connectivity index (χ4n) is 9.47. The number of esters is 1. The van der Waals surface area contributed by atoms with Crippen LogP contribution in [0.4, 0.5) is 0 Å². The molecular weight excluding hydrogens is 432 g/mol. The van der Waals surface area contributed by atoms with Crippen LogP contribution < -0.4 is 0 Å². The van der Waals surface area contributed by atoms with Gasteiger partial charge in [-0.05, 0) is 97.7 Å². The largest absolute Gasteiger partial charge is 0.469 e. The van der Waals surface area contributed by atoms with Crippen molar-refractivity contribution in [2.75, 3.05) is 13.7 Å². The molecule has 0 aromatic carbocycles. The van der Waals surface area contributed by atoms with Crippen LogP contribution in [-0.2, 0) is 9.53 Å². The number of ether oxygens (including phenoxy) is 1. The summed E-state index contributed by atoms with van der Waals surface area (Å²) in [5, 5.41) is 42.9. The van der Waals surface area contributed by atoms with Gasteiger partial charge in [-0.1, -0.05) is 33.6 Å². The first-order valence-electron chi connectivity index (χ1n) is 13.8. The topological polar surface area (TPSA) is 107 Å². The summed E-state index contributed by atoms with van der Waals surface area (Å²) in [7, 11) is 1.36. The first kappa shape index (κ1) is 26.4. The molecule has 6 nitrogen and oxygen atoms in total. The Bertz CT molecular complexity index is 728. The zero-order valence-corrected chi connectivity index (χ0v) is 21.7. The molecule has 0 heterocycles. The number of rotatable bonds is 7. The van der Waals surface area contributed by atoms with Gasteiger partial charge < -0.3 is 25.2 Å². The maximum atomic E-state index is 11.8. The molecule has 4 saturated carbocycles. The summed E-state index contributed by atoms with van der Waals surface area (Å²) in [6.07, 6.45) is 7.78. The highest BCUT2D eigenvalue weighted by Crippen LogP contribution is 2.68. The number of hydrogen-bond donors (Lipinski definition) is 4. The summed E-state index contributed by atoms with van der Waals surface area (Å²) in [6, 6.07) is 0. The van der Waals surface area contributed by atoms with Gasteiger partial charge in [-0.3, -0.25) is 4.79 Å². The van der Waals surface area contributed by atoms with Gasteiger partial charge in [-0.15, -0.1) is 0 Å². The van der Waals surface area contributed by atoms with Gasteiger partial charge in [0.05, 0.1) is 37.9 Å². The van der Waals surface area contributed by atoms with Crippen LogP contribution in [0.5, 0.6) is 0 Å². The molecule has 0 radical (unpaired) electrons. The molecule has 0 saturated heterocycles. The molecule has 6 heteroatoms. The Hall–Kier alpha value is -0.690. The number of carbonyl (C=O) groups excluding carboxylic acids is 1. The third-order valence-corrected chi connectivity index (χ3v) is 11.5. The molecule has 0 aromatic heterocycles. The van der Waals surface area contributed by atoms with Crippen molar-refractivity contribution in [1.29, 1.82) is 0 Å². The average molecular weight is 481 g/mol. The Labute approximate surface area is 205 Å². The minimum Gasteiger partial charge on any atom is -0.469 e. The van der Waals surface area contributed by atoms with Gasteiger partial charge in [0.25, 0.3) is 0 Å². The lowest BCUT2D eigenvalue weighted by atomic mass is 9.43. The normalized spacial score (nSPS) is 47.8. The second-order valence-electron chi connectivity index (χ2n) is 12.8. The summed E-state index contributed by atoms with van der Waals surface area (Å²) in [6.45, 7) is 6.75. The molecule has 0 aromatic rings. The van der Waals surface area contributed by atoms with Gasteiger partial charge in [0.1, 0.15) is 0 Å². The van der Waals surface area contributed by atoms with E-state index in [1.54, 1.807) is 0 Å². The molecule has 4 fully saturated rings. The van der Waals surface area contributed by atoms with Gasteiger partial charge in [0, 0.05) is 0 Å². The molecule has 4 aliphatic carbocycles. The van der Waals surface area contributed by atoms with Crippen LogP contribution in [0, 0.1) is 52.3 Å². The van der Waals surface area contributed by atoms with Gasteiger partial charge in [0.2, 0.25) is 0 Å². The van der Waals surface area contributed by atoms with E-state index >= 15 is 0 Å².